The molecule has 7 nitrogen and oxygen atoms in total. The second-order valence-corrected chi connectivity index (χ2v) is 11.9. The number of sulfonamides is 1. The third-order valence-corrected chi connectivity index (χ3v) is 8.05. The minimum Gasteiger partial charge on any atom is -0.352 e. The summed E-state index contributed by atoms with van der Waals surface area (Å²) in [5, 5.41) is 3.10. The lowest BCUT2D eigenvalue weighted by molar-refractivity contribution is -0.141. The predicted molar refractivity (Wildman–Crippen MR) is 142 cm³/mol. The van der Waals surface area contributed by atoms with Crippen molar-refractivity contribution in [2.75, 3.05) is 17.1 Å². The molecule has 0 radical (unpaired) electrons. The number of hydrogen-bond acceptors (Lipinski definition) is 4. The largest absolute Gasteiger partial charge is 0.352 e. The highest BCUT2D eigenvalue weighted by atomic mass is 79.9. The first-order chi connectivity index (χ1) is 16.6. The van der Waals surface area contributed by atoms with Crippen LogP contribution >= 0.6 is 15.9 Å². The molecule has 1 aliphatic rings. The standard InChI is InChI=1S/C26H34BrN3O4S/c1-20(26(32)28-23-9-6-7-10-23)29(19-21-14-16-22(27)17-15-21)25(31)13-8-18-30(35(2,33)34)24-11-4-3-5-12-24/h3-5,11-12,14-17,20,23H,6-10,13,18-19H2,1-2H3,(H,28,32)/t20-/m1/s1. The third-order valence-electron chi connectivity index (χ3n) is 6.33. The molecular formula is C26H34BrN3O4S. The molecule has 1 atom stereocenters. The van der Waals surface area contributed by atoms with Crippen LogP contribution in [0.15, 0.2) is 59.1 Å². The molecule has 0 bridgehead atoms. The van der Waals surface area contributed by atoms with Crippen molar-refractivity contribution in [3.63, 3.8) is 0 Å². The molecule has 0 saturated heterocycles. The molecule has 0 heterocycles. The molecule has 190 valence electrons. The van der Waals surface area contributed by atoms with Crippen molar-refractivity contribution in [2.45, 2.75) is 64.1 Å². The van der Waals surface area contributed by atoms with Gasteiger partial charge in [0.25, 0.3) is 0 Å². The number of carbonyl (C=O) groups is 2. The van der Waals surface area contributed by atoms with Gasteiger partial charge in [0.05, 0.1) is 11.9 Å². The number of para-hydroxylation sites is 1. The number of carbonyl (C=O) groups excluding carboxylic acids is 2. The maximum atomic E-state index is 13.3. The average Bonchev–Trinajstić information content (AvgIpc) is 3.33. The Kier molecular flexibility index (Phi) is 9.74. The molecule has 35 heavy (non-hydrogen) atoms. The fourth-order valence-electron chi connectivity index (χ4n) is 4.36. The summed E-state index contributed by atoms with van der Waals surface area (Å²) < 4.78 is 26.9. The first-order valence-electron chi connectivity index (χ1n) is 12.0. The van der Waals surface area contributed by atoms with E-state index in [0.29, 0.717) is 18.7 Å². The van der Waals surface area contributed by atoms with E-state index < -0.39 is 16.1 Å². The summed E-state index contributed by atoms with van der Waals surface area (Å²) in [5.74, 6) is -0.326. The van der Waals surface area contributed by atoms with Gasteiger partial charge in [0, 0.05) is 30.0 Å². The first-order valence-corrected chi connectivity index (χ1v) is 14.7. The summed E-state index contributed by atoms with van der Waals surface area (Å²) in [4.78, 5) is 27.9. The lowest BCUT2D eigenvalue weighted by Crippen LogP contribution is -2.49. The van der Waals surface area contributed by atoms with Gasteiger partial charge in [-0.2, -0.15) is 0 Å². The Morgan fingerprint density at radius 1 is 1.06 bits per heavy atom. The zero-order valence-electron chi connectivity index (χ0n) is 20.3. The molecule has 0 aromatic heterocycles. The van der Waals surface area contributed by atoms with Crippen LogP contribution in [0.3, 0.4) is 0 Å². The maximum absolute atomic E-state index is 13.3. The van der Waals surface area contributed by atoms with E-state index >= 15 is 0 Å². The normalized spacial score (nSPS) is 14.9. The number of hydrogen-bond donors (Lipinski definition) is 1. The average molecular weight is 565 g/mol. The monoisotopic (exact) mass is 563 g/mol. The van der Waals surface area contributed by atoms with Crippen LogP contribution in [0.25, 0.3) is 0 Å². The molecule has 1 saturated carbocycles. The molecule has 2 amide bonds. The van der Waals surface area contributed by atoms with Crippen LogP contribution < -0.4 is 9.62 Å². The van der Waals surface area contributed by atoms with Gasteiger partial charge in [-0.3, -0.25) is 13.9 Å². The van der Waals surface area contributed by atoms with Crippen LogP contribution in [-0.2, 0) is 26.2 Å². The highest BCUT2D eigenvalue weighted by molar-refractivity contribution is 9.10. The van der Waals surface area contributed by atoms with Crippen LogP contribution in [0, 0.1) is 0 Å². The number of halogens is 1. The van der Waals surface area contributed by atoms with Crippen molar-refractivity contribution in [2.24, 2.45) is 0 Å². The Morgan fingerprint density at radius 2 is 1.69 bits per heavy atom. The molecule has 1 fully saturated rings. The van der Waals surface area contributed by atoms with E-state index in [0.717, 1.165) is 42.0 Å². The topological polar surface area (TPSA) is 86.8 Å². The maximum Gasteiger partial charge on any atom is 0.242 e. The van der Waals surface area contributed by atoms with Crippen molar-refractivity contribution < 1.29 is 18.0 Å². The van der Waals surface area contributed by atoms with Crippen LogP contribution in [0.2, 0.25) is 0 Å². The van der Waals surface area contributed by atoms with Crippen molar-refractivity contribution >= 4 is 43.5 Å². The number of anilines is 1. The van der Waals surface area contributed by atoms with Gasteiger partial charge in [-0.05, 0) is 56.0 Å². The summed E-state index contributed by atoms with van der Waals surface area (Å²) in [5.41, 5.74) is 1.49. The van der Waals surface area contributed by atoms with Gasteiger partial charge in [0.1, 0.15) is 6.04 Å². The molecule has 2 aromatic rings. The Morgan fingerprint density at radius 3 is 2.29 bits per heavy atom. The van der Waals surface area contributed by atoms with E-state index in [4.69, 9.17) is 0 Å². The minimum absolute atomic E-state index is 0.135. The highest BCUT2D eigenvalue weighted by Gasteiger charge is 2.28. The number of nitrogens with zero attached hydrogens (tertiary/aromatic N) is 2. The number of amides is 2. The van der Waals surface area contributed by atoms with Crippen LogP contribution in [0.4, 0.5) is 5.69 Å². The Labute approximate surface area is 217 Å². The molecule has 1 aliphatic carbocycles. The fraction of sp³-hybridized carbons (Fsp3) is 0.462. The van der Waals surface area contributed by atoms with Gasteiger partial charge in [-0.1, -0.05) is 59.1 Å². The van der Waals surface area contributed by atoms with Crippen molar-refractivity contribution in [3.8, 4) is 0 Å². The number of nitrogens with one attached hydrogen (secondary N) is 1. The molecular weight excluding hydrogens is 530 g/mol. The van der Waals surface area contributed by atoms with Gasteiger partial charge in [-0.15, -0.1) is 0 Å². The van der Waals surface area contributed by atoms with E-state index in [-0.39, 0.29) is 30.8 Å². The van der Waals surface area contributed by atoms with Crippen LogP contribution in [-0.4, -0.2) is 50.0 Å². The summed E-state index contributed by atoms with van der Waals surface area (Å²) in [6.45, 7) is 2.25. The molecule has 0 spiro atoms. The zero-order chi connectivity index (χ0) is 25.4. The summed E-state index contributed by atoms with van der Waals surface area (Å²) in [6, 6.07) is 16.1. The van der Waals surface area contributed by atoms with E-state index in [1.54, 1.807) is 36.1 Å². The summed E-state index contributed by atoms with van der Waals surface area (Å²) in [7, 11) is -3.49. The molecule has 0 unspecified atom stereocenters. The smallest absolute Gasteiger partial charge is 0.242 e. The van der Waals surface area contributed by atoms with Gasteiger partial charge < -0.3 is 10.2 Å². The molecule has 1 N–H and O–H groups in total. The molecule has 3 rings (SSSR count). The Bertz CT molecular complexity index is 1090. The van der Waals surface area contributed by atoms with Crippen LogP contribution in [0.5, 0.6) is 0 Å². The van der Waals surface area contributed by atoms with E-state index in [1.807, 2.05) is 30.3 Å². The summed E-state index contributed by atoms with van der Waals surface area (Å²) in [6.07, 6.45) is 5.81. The van der Waals surface area contributed by atoms with E-state index in [9.17, 15) is 18.0 Å². The second kappa shape index (κ2) is 12.5. The van der Waals surface area contributed by atoms with Gasteiger partial charge in [0.2, 0.25) is 21.8 Å². The van der Waals surface area contributed by atoms with Crippen molar-refractivity contribution in [3.05, 3.63) is 64.6 Å². The minimum atomic E-state index is -3.49. The fourth-order valence-corrected chi connectivity index (χ4v) is 5.59. The zero-order valence-corrected chi connectivity index (χ0v) is 22.7. The van der Waals surface area contributed by atoms with Gasteiger partial charge in [-0.25, -0.2) is 8.42 Å². The highest BCUT2D eigenvalue weighted by Crippen LogP contribution is 2.21. The van der Waals surface area contributed by atoms with Crippen LogP contribution in [0.1, 0.15) is 51.0 Å². The molecule has 0 aliphatic heterocycles. The third kappa shape index (κ3) is 8.07. The number of rotatable bonds is 11. The SMILES string of the molecule is C[C@H](C(=O)NC1CCCC1)N(Cc1ccc(Br)cc1)C(=O)CCCN(c1ccccc1)S(C)(=O)=O. The second-order valence-electron chi connectivity index (χ2n) is 9.09. The van der Waals surface area contributed by atoms with Crippen molar-refractivity contribution in [1.82, 2.24) is 10.2 Å². The summed E-state index contributed by atoms with van der Waals surface area (Å²) >= 11 is 3.43. The molecule has 2 aromatic carbocycles. The Hall–Kier alpha value is -2.39. The Balaban J connectivity index is 1.69. The van der Waals surface area contributed by atoms with Crippen molar-refractivity contribution in [1.29, 1.82) is 0 Å². The first kappa shape index (κ1) is 27.2. The predicted octanol–water partition coefficient (Wildman–Crippen LogP) is 4.47. The number of benzene rings is 2. The molecule has 9 heteroatoms. The lowest BCUT2D eigenvalue weighted by atomic mass is 10.1. The van der Waals surface area contributed by atoms with Gasteiger partial charge >= 0.3 is 0 Å². The van der Waals surface area contributed by atoms with E-state index in [2.05, 4.69) is 21.2 Å². The van der Waals surface area contributed by atoms with E-state index in [1.165, 1.54) is 4.31 Å². The van der Waals surface area contributed by atoms with Gasteiger partial charge in [0.15, 0.2) is 0 Å². The quantitative estimate of drug-likeness (QED) is 0.437. The lowest BCUT2D eigenvalue weighted by Gasteiger charge is -2.30.